The summed E-state index contributed by atoms with van der Waals surface area (Å²) in [5, 5.41) is 0. The van der Waals surface area contributed by atoms with E-state index in [1.165, 1.54) is 27.6 Å². The molecule has 0 aromatic carbocycles. The molecule has 0 atom stereocenters. The van der Waals surface area contributed by atoms with Gasteiger partial charge in [0.25, 0.3) is 0 Å². The molecule has 0 spiro atoms. The van der Waals surface area contributed by atoms with Gasteiger partial charge in [0.15, 0.2) is 0 Å². The Labute approximate surface area is 51.9 Å². The van der Waals surface area contributed by atoms with Crippen LogP contribution < -0.4 is 0 Å². The molecule has 4 heteroatoms. The summed E-state index contributed by atoms with van der Waals surface area (Å²) in [5.41, 5.74) is 0. The van der Waals surface area contributed by atoms with Gasteiger partial charge in [-0.1, -0.05) is 0 Å². The summed E-state index contributed by atoms with van der Waals surface area (Å²) >= 11 is 2.80. The van der Waals surface area contributed by atoms with Crippen LogP contribution in [0.3, 0.4) is 0 Å². The molecule has 2 nitrogen and oxygen atoms in total. The first-order valence-electron chi connectivity index (χ1n) is 1.68. The molecule has 0 aliphatic rings. The Balaban J connectivity index is 3.16. The van der Waals surface area contributed by atoms with Crippen LogP contribution in [0.2, 0.25) is 0 Å². The van der Waals surface area contributed by atoms with Crippen molar-refractivity contribution in [3.05, 3.63) is 0 Å². The molecule has 0 aromatic heterocycles. The molecule has 0 rings (SSSR count). The minimum absolute atomic E-state index is 0.787. The maximum Gasteiger partial charge on any atom is 0.229 e. The highest BCUT2D eigenvalue weighted by Gasteiger charge is 1.90. The number of rotatable bonds is 3. The van der Waals surface area contributed by atoms with Gasteiger partial charge in [0.05, 0.1) is 0 Å². The SMILES string of the molecule is CSN(C=O)SC. The van der Waals surface area contributed by atoms with Crippen LogP contribution in [0.1, 0.15) is 0 Å². The first kappa shape index (κ1) is 7.17. The van der Waals surface area contributed by atoms with Crippen molar-refractivity contribution < 1.29 is 4.79 Å². The van der Waals surface area contributed by atoms with Crippen molar-refractivity contribution in [3.8, 4) is 0 Å². The van der Waals surface area contributed by atoms with Gasteiger partial charge in [0.2, 0.25) is 6.41 Å². The van der Waals surface area contributed by atoms with Gasteiger partial charge in [-0.3, -0.25) is 4.79 Å². The number of carbonyl (C=O) groups is 1. The molecule has 0 bridgehead atoms. The van der Waals surface area contributed by atoms with Crippen LogP contribution >= 0.6 is 23.9 Å². The molecular weight excluding hydrogens is 130 g/mol. The van der Waals surface area contributed by atoms with Crippen molar-refractivity contribution >= 4 is 30.3 Å². The molecule has 0 aliphatic carbocycles. The highest BCUT2D eigenvalue weighted by atomic mass is 32.2. The van der Waals surface area contributed by atoms with E-state index in [9.17, 15) is 4.79 Å². The molecule has 1 amide bonds. The van der Waals surface area contributed by atoms with Crippen molar-refractivity contribution in [3.63, 3.8) is 0 Å². The van der Waals surface area contributed by atoms with E-state index in [4.69, 9.17) is 0 Å². The molecule has 0 aliphatic heterocycles. The Morgan fingerprint density at radius 1 is 1.43 bits per heavy atom. The zero-order chi connectivity index (χ0) is 5.70. The van der Waals surface area contributed by atoms with E-state index in [1.807, 2.05) is 12.5 Å². The zero-order valence-corrected chi connectivity index (χ0v) is 5.88. The van der Waals surface area contributed by atoms with Gasteiger partial charge >= 0.3 is 0 Å². The second-order valence-electron chi connectivity index (χ2n) is 0.756. The molecule has 0 unspecified atom stereocenters. The fourth-order valence-corrected chi connectivity index (χ4v) is 0.929. The van der Waals surface area contributed by atoms with Crippen molar-refractivity contribution in [2.45, 2.75) is 0 Å². The second-order valence-corrected chi connectivity index (χ2v) is 2.50. The van der Waals surface area contributed by atoms with Crippen LogP contribution in [-0.4, -0.2) is 22.6 Å². The van der Waals surface area contributed by atoms with Crippen molar-refractivity contribution in [2.24, 2.45) is 0 Å². The van der Waals surface area contributed by atoms with E-state index in [1.54, 1.807) is 0 Å². The number of hydrogen-bond donors (Lipinski definition) is 0. The minimum Gasteiger partial charge on any atom is -0.277 e. The quantitative estimate of drug-likeness (QED) is 0.427. The fraction of sp³-hybridized carbons (Fsp3) is 0.667. The molecule has 0 fully saturated rings. The Morgan fingerprint density at radius 2 is 1.86 bits per heavy atom. The average Bonchev–Trinajstić information content (AvgIpc) is 1.72. The maximum atomic E-state index is 9.85. The topological polar surface area (TPSA) is 20.3 Å². The number of nitrogens with zero attached hydrogens (tertiary/aromatic N) is 1. The Hall–Kier alpha value is 0.170. The van der Waals surface area contributed by atoms with E-state index in [0.717, 1.165) is 6.41 Å². The highest BCUT2D eigenvalue weighted by Crippen LogP contribution is 2.11. The number of amides is 1. The summed E-state index contributed by atoms with van der Waals surface area (Å²) in [4.78, 5) is 9.85. The molecule has 0 saturated carbocycles. The molecule has 7 heavy (non-hydrogen) atoms. The van der Waals surface area contributed by atoms with Crippen molar-refractivity contribution in [1.82, 2.24) is 3.71 Å². The smallest absolute Gasteiger partial charge is 0.229 e. The van der Waals surface area contributed by atoms with Crippen LogP contribution in [0.5, 0.6) is 0 Å². The minimum atomic E-state index is 0.787. The van der Waals surface area contributed by atoms with Gasteiger partial charge < -0.3 is 0 Å². The average molecular weight is 137 g/mol. The summed E-state index contributed by atoms with van der Waals surface area (Å²) in [6.45, 7) is 0. The molecule has 42 valence electrons. The lowest BCUT2D eigenvalue weighted by atomic mass is 11.5. The highest BCUT2D eigenvalue weighted by molar-refractivity contribution is 8.12. The lowest BCUT2D eigenvalue weighted by molar-refractivity contribution is -0.110. The predicted molar refractivity (Wildman–Crippen MR) is 34.9 cm³/mol. The fourth-order valence-electron chi connectivity index (χ4n) is 0.161. The molecule has 0 heterocycles. The van der Waals surface area contributed by atoms with Crippen LogP contribution in [-0.2, 0) is 4.79 Å². The Morgan fingerprint density at radius 3 is 1.86 bits per heavy atom. The first-order chi connectivity index (χ1) is 3.35. The van der Waals surface area contributed by atoms with Crippen LogP contribution in [0.4, 0.5) is 0 Å². The number of carbonyl (C=O) groups excluding carboxylic acids is 1. The Kier molecular flexibility index (Phi) is 4.44. The summed E-state index contributed by atoms with van der Waals surface area (Å²) in [6, 6.07) is 0. The largest absolute Gasteiger partial charge is 0.277 e. The normalized spacial score (nSPS) is 8.29. The number of hydrogen-bond acceptors (Lipinski definition) is 3. The Bertz CT molecular complexity index is 54.9. The van der Waals surface area contributed by atoms with Gasteiger partial charge in [-0.25, -0.2) is 3.71 Å². The second kappa shape index (κ2) is 4.33. The lowest BCUT2D eigenvalue weighted by Gasteiger charge is -2.05. The van der Waals surface area contributed by atoms with Gasteiger partial charge in [-0.2, -0.15) is 0 Å². The third kappa shape index (κ3) is 2.82. The van der Waals surface area contributed by atoms with E-state index >= 15 is 0 Å². The van der Waals surface area contributed by atoms with Crippen LogP contribution in [0.15, 0.2) is 0 Å². The van der Waals surface area contributed by atoms with Crippen LogP contribution in [0, 0.1) is 0 Å². The maximum absolute atomic E-state index is 9.85. The molecule has 0 radical (unpaired) electrons. The summed E-state index contributed by atoms with van der Waals surface area (Å²) in [5.74, 6) is 0. The van der Waals surface area contributed by atoms with E-state index in [0.29, 0.717) is 0 Å². The van der Waals surface area contributed by atoms with E-state index in [2.05, 4.69) is 0 Å². The molecular formula is C3H7NOS2. The first-order valence-corrected chi connectivity index (χ1v) is 4.04. The van der Waals surface area contributed by atoms with E-state index < -0.39 is 0 Å². The van der Waals surface area contributed by atoms with Gasteiger partial charge in [-0.15, -0.1) is 0 Å². The van der Waals surface area contributed by atoms with Gasteiger partial charge in [-0.05, 0) is 23.9 Å². The molecule has 0 saturated heterocycles. The molecule has 0 aromatic rings. The monoisotopic (exact) mass is 137 g/mol. The van der Waals surface area contributed by atoms with Crippen molar-refractivity contribution in [1.29, 1.82) is 0 Å². The third-order valence-electron chi connectivity index (χ3n) is 0.446. The van der Waals surface area contributed by atoms with Crippen molar-refractivity contribution in [2.75, 3.05) is 12.5 Å². The van der Waals surface area contributed by atoms with Gasteiger partial charge in [0.1, 0.15) is 0 Å². The summed E-state index contributed by atoms with van der Waals surface area (Å²) < 4.78 is 1.53. The third-order valence-corrected chi connectivity index (χ3v) is 2.23. The summed E-state index contributed by atoms with van der Waals surface area (Å²) in [7, 11) is 0. The summed E-state index contributed by atoms with van der Waals surface area (Å²) in [6.07, 6.45) is 4.49. The molecule has 0 N–H and O–H groups in total. The standard InChI is InChI=1S/C3H7NOS2/c1-6-4(3-5)7-2/h3H,1-2H3. The van der Waals surface area contributed by atoms with Crippen LogP contribution in [0.25, 0.3) is 0 Å². The zero-order valence-electron chi connectivity index (χ0n) is 4.25. The van der Waals surface area contributed by atoms with E-state index in [-0.39, 0.29) is 0 Å². The lowest BCUT2D eigenvalue weighted by Crippen LogP contribution is -1.98. The van der Waals surface area contributed by atoms with Gasteiger partial charge in [0, 0.05) is 12.5 Å². The predicted octanol–water partition coefficient (Wildman–Crippen LogP) is 1.00.